The Kier molecular flexibility index (Phi) is 5.37. The second-order valence-electron chi connectivity index (χ2n) is 7.93. The number of hydrogen-bond acceptors (Lipinski definition) is 4. The number of carbonyl (C=O) groups is 1. The Balaban J connectivity index is 1.60. The predicted octanol–water partition coefficient (Wildman–Crippen LogP) is 4.91. The van der Waals surface area contributed by atoms with Gasteiger partial charge in [0.1, 0.15) is 5.69 Å². The number of hydrogen-bond donors (Lipinski definition) is 2. The number of aryl methyl sites for hydroxylation is 1. The number of nitrogens with one attached hydrogen (secondary N) is 2. The van der Waals surface area contributed by atoms with Gasteiger partial charge in [-0.05, 0) is 56.1 Å². The lowest BCUT2D eigenvalue weighted by Gasteiger charge is -2.23. The first-order valence-electron chi connectivity index (χ1n) is 10.2. The maximum Gasteiger partial charge on any atom is 0.274 e. The molecule has 5 heteroatoms. The van der Waals surface area contributed by atoms with Crippen LogP contribution in [-0.2, 0) is 0 Å². The molecule has 1 aromatic heterocycles. The molecule has 0 saturated heterocycles. The SMILES string of the molecule is Cc1ccccc1NC(=O)c1nc(NCC2CC2)ncc1C1CCCCC1. The van der Waals surface area contributed by atoms with Crippen LogP contribution >= 0.6 is 0 Å². The maximum atomic E-state index is 13.1. The van der Waals surface area contributed by atoms with Crippen molar-refractivity contribution in [2.24, 2.45) is 5.92 Å². The molecule has 2 fully saturated rings. The fourth-order valence-electron chi connectivity index (χ4n) is 3.82. The van der Waals surface area contributed by atoms with Crippen LogP contribution in [0.4, 0.5) is 11.6 Å². The van der Waals surface area contributed by atoms with E-state index in [-0.39, 0.29) is 5.91 Å². The molecule has 2 aromatic rings. The molecule has 4 rings (SSSR count). The van der Waals surface area contributed by atoms with E-state index in [4.69, 9.17) is 0 Å². The lowest BCUT2D eigenvalue weighted by atomic mass is 9.84. The molecule has 2 N–H and O–H groups in total. The van der Waals surface area contributed by atoms with Crippen LogP contribution in [-0.4, -0.2) is 22.4 Å². The smallest absolute Gasteiger partial charge is 0.274 e. The second-order valence-corrected chi connectivity index (χ2v) is 7.93. The van der Waals surface area contributed by atoms with Gasteiger partial charge in [0.05, 0.1) is 0 Å². The topological polar surface area (TPSA) is 66.9 Å². The number of rotatable bonds is 6. The zero-order valence-electron chi connectivity index (χ0n) is 16.0. The minimum atomic E-state index is -0.137. The first kappa shape index (κ1) is 18.0. The molecule has 1 aromatic carbocycles. The van der Waals surface area contributed by atoms with Gasteiger partial charge in [-0.25, -0.2) is 9.97 Å². The lowest BCUT2D eigenvalue weighted by Crippen LogP contribution is -2.21. The van der Waals surface area contributed by atoms with Gasteiger partial charge in [-0.15, -0.1) is 0 Å². The summed E-state index contributed by atoms with van der Waals surface area (Å²) in [4.78, 5) is 22.3. The van der Waals surface area contributed by atoms with Crippen LogP contribution in [0.1, 0.15) is 72.5 Å². The Morgan fingerprint density at radius 1 is 1.11 bits per heavy atom. The van der Waals surface area contributed by atoms with E-state index in [1.54, 1.807) is 0 Å². The van der Waals surface area contributed by atoms with Crippen molar-refractivity contribution in [2.75, 3.05) is 17.2 Å². The molecular weight excluding hydrogens is 336 g/mol. The molecule has 0 spiro atoms. The number of aromatic nitrogens is 2. The molecule has 0 bridgehead atoms. The fourth-order valence-corrected chi connectivity index (χ4v) is 3.82. The van der Waals surface area contributed by atoms with Gasteiger partial charge < -0.3 is 10.6 Å². The Bertz CT molecular complexity index is 810. The Morgan fingerprint density at radius 2 is 1.89 bits per heavy atom. The van der Waals surface area contributed by atoms with Crippen LogP contribution < -0.4 is 10.6 Å². The number of para-hydroxylation sites is 1. The molecular formula is C22H28N4O. The molecule has 27 heavy (non-hydrogen) atoms. The Labute approximate surface area is 161 Å². The van der Waals surface area contributed by atoms with Gasteiger partial charge >= 0.3 is 0 Å². The average Bonchev–Trinajstić information content (AvgIpc) is 3.53. The molecule has 2 saturated carbocycles. The van der Waals surface area contributed by atoms with E-state index < -0.39 is 0 Å². The largest absolute Gasteiger partial charge is 0.354 e. The standard InChI is InChI=1S/C22H28N4O/c1-15-7-5-6-10-19(15)25-21(27)20-18(17-8-3-2-4-9-17)14-24-22(26-20)23-13-16-11-12-16/h5-7,10,14,16-17H,2-4,8-9,11-13H2,1H3,(H,25,27)(H,23,24,26). The van der Waals surface area contributed by atoms with Crippen LogP contribution in [0, 0.1) is 12.8 Å². The highest BCUT2D eigenvalue weighted by Crippen LogP contribution is 2.34. The highest BCUT2D eigenvalue weighted by molar-refractivity contribution is 6.04. The quantitative estimate of drug-likeness (QED) is 0.764. The van der Waals surface area contributed by atoms with E-state index >= 15 is 0 Å². The third-order valence-corrected chi connectivity index (χ3v) is 5.72. The summed E-state index contributed by atoms with van der Waals surface area (Å²) in [6.45, 7) is 2.89. The van der Waals surface area contributed by atoms with Gasteiger partial charge in [-0.3, -0.25) is 4.79 Å². The molecule has 1 amide bonds. The number of benzene rings is 1. The van der Waals surface area contributed by atoms with E-state index in [0.29, 0.717) is 17.6 Å². The monoisotopic (exact) mass is 364 g/mol. The van der Waals surface area contributed by atoms with Crippen molar-refractivity contribution in [3.05, 3.63) is 47.3 Å². The molecule has 5 nitrogen and oxygen atoms in total. The normalized spacial score (nSPS) is 17.5. The minimum Gasteiger partial charge on any atom is -0.354 e. The molecule has 142 valence electrons. The van der Waals surface area contributed by atoms with Crippen molar-refractivity contribution < 1.29 is 4.79 Å². The van der Waals surface area contributed by atoms with Crippen molar-refractivity contribution in [2.45, 2.75) is 57.8 Å². The van der Waals surface area contributed by atoms with Crippen molar-refractivity contribution in [3.8, 4) is 0 Å². The van der Waals surface area contributed by atoms with E-state index in [0.717, 1.165) is 42.1 Å². The van der Waals surface area contributed by atoms with Gasteiger partial charge in [-0.2, -0.15) is 0 Å². The van der Waals surface area contributed by atoms with Gasteiger partial charge in [0.15, 0.2) is 0 Å². The summed E-state index contributed by atoms with van der Waals surface area (Å²) >= 11 is 0. The van der Waals surface area contributed by atoms with Gasteiger partial charge in [0, 0.05) is 24.0 Å². The summed E-state index contributed by atoms with van der Waals surface area (Å²) in [5, 5.41) is 6.36. The molecule has 0 aliphatic heterocycles. The number of carbonyl (C=O) groups excluding carboxylic acids is 1. The summed E-state index contributed by atoms with van der Waals surface area (Å²) < 4.78 is 0. The molecule has 2 aliphatic carbocycles. The highest BCUT2D eigenvalue weighted by Gasteiger charge is 2.25. The van der Waals surface area contributed by atoms with Crippen LogP contribution in [0.15, 0.2) is 30.5 Å². The van der Waals surface area contributed by atoms with E-state index in [1.165, 1.54) is 32.1 Å². The van der Waals surface area contributed by atoms with Crippen LogP contribution in [0.5, 0.6) is 0 Å². The van der Waals surface area contributed by atoms with E-state index in [1.807, 2.05) is 37.4 Å². The van der Waals surface area contributed by atoms with E-state index in [9.17, 15) is 4.79 Å². The maximum absolute atomic E-state index is 13.1. The predicted molar refractivity (Wildman–Crippen MR) is 108 cm³/mol. The van der Waals surface area contributed by atoms with Crippen LogP contribution in [0.3, 0.4) is 0 Å². The Hall–Kier alpha value is -2.43. The average molecular weight is 364 g/mol. The summed E-state index contributed by atoms with van der Waals surface area (Å²) in [6, 6.07) is 7.84. The lowest BCUT2D eigenvalue weighted by molar-refractivity contribution is 0.102. The first-order chi connectivity index (χ1) is 13.2. The third kappa shape index (κ3) is 4.46. The zero-order valence-corrected chi connectivity index (χ0v) is 16.0. The molecule has 1 heterocycles. The van der Waals surface area contributed by atoms with Gasteiger partial charge in [0.2, 0.25) is 5.95 Å². The number of anilines is 2. The molecule has 2 aliphatic rings. The zero-order chi connectivity index (χ0) is 18.6. The van der Waals surface area contributed by atoms with Crippen LogP contribution in [0.2, 0.25) is 0 Å². The first-order valence-corrected chi connectivity index (χ1v) is 10.2. The summed E-state index contributed by atoms with van der Waals surface area (Å²) in [7, 11) is 0. The number of nitrogens with zero attached hydrogens (tertiary/aromatic N) is 2. The highest BCUT2D eigenvalue weighted by atomic mass is 16.1. The van der Waals surface area contributed by atoms with Crippen molar-refractivity contribution >= 4 is 17.5 Å². The minimum absolute atomic E-state index is 0.137. The molecule has 0 radical (unpaired) electrons. The number of amides is 1. The van der Waals surface area contributed by atoms with Crippen molar-refractivity contribution in [1.82, 2.24) is 9.97 Å². The summed E-state index contributed by atoms with van der Waals surface area (Å²) in [6.07, 6.45) is 10.4. The fraction of sp³-hybridized carbons (Fsp3) is 0.500. The molecule has 0 atom stereocenters. The van der Waals surface area contributed by atoms with Crippen LogP contribution in [0.25, 0.3) is 0 Å². The third-order valence-electron chi connectivity index (χ3n) is 5.72. The Morgan fingerprint density at radius 3 is 2.63 bits per heavy atom. The second kappa shape index (κ2) is 8.07. The van der Waals surface area contributed by atoms with Crippen molar-refractivity contribution in [1.29, 1.82) is 0 Å². The summed E-state index contributed by atoms with van der Waals surface area (Å²) in [5.74, 6) is 1.54. The van der Waals surface area contributed by atoms with Crippen molar-refractivity contribution in [3.63, 3.8) is 0 Å². The summed E-state index contributed by atoms with van der Waals surface area (Å²) in [5.41, 5.74) is 3.41. The molecule has 0 unspecified atom stereocenters. The van der Waals surface area contributed by atoms with Gasteiger partial charge in [-0.1, -0.05) is 37.5 Å². The van der Waals surface area contributed by atoms with E-state index in [2.05, 4.69) is 20.6 Å². The van der Waals surface area contributed by atoms with Gasteiger partial charge in [0.25, 0.3) is 5.91 Å².